The summed E-state index contributed by atoms with van der Waals surface area (Å²) in [6, 6.07) is 4.48. The number of hydrogen-bond acceptors (Lipinski definition) is 3. The van der Waals surface area contributed by atoms with Crippen molar-refractivity contribution in [3.8, 4) is 0 Å². The zero-order chi connectivity index (χ0) is 10.1. The Balaban J connectivity index is 3.36. The molecule has 0 spiro atoms. The molecule has 1 rings (SSSR count). The van der Waals surface area contributed by atoms with E-state index in [-0.39, 0.29) is 11.5 Å². The molecule has 0 radical (unpaired) electrons. The van der Waals surface area contributed by atoms with Crippen molar-refractivity contribution in [2.75, 3.05) is 0 Å². The van der Waals surface area contributed by atoms with Gasteiger partial charge in [-0.2, -0.15) is 0 Å². The van der Waals surface area contributed by atoms with Crippen LogP contribution < -0.4 is 5.14 Å². The van der Waals surface area contributed by atoms with Gasteiger partial charge in [0.25, 0.3) is 0 Å². The van der Waals surface area contributed by atoms with Gasteiger partial charge >= 0.3 is 0 Å². The zero-order valence-electron chi connectivity index (χ0n) is 6.57. The molecule has 0 amide bonds. The second-order valence-electron chi connectivity index (χ2n) is 2.47. The van der Waals surface area contributed by atoms with Gasteiger partial charge in [0, 0.05) is 4.47 Å². The third-order valence-corrected chi connectivity index (χ3v) is 3.39. The summed E-state index contributed by atoms with van der Waals surface area (Å²) in [5, 5.41) is 13.7. The molecule has 0 saturated heterocycles. The molecule has 0 atom stereocenters. The number of sulfonamides is 1. The normalized spacial score (nSPS) is 11.6. The Morgan fingerprint density at radius 1 is 1.46 bits per heavy atom. The van der Waals surface area contributed by atoms with E-state index in [0.29, 0.717) is 10.0 Å². The quantitative estimate of drug-likeness (QED) is 0.822. The standard InChI is InChI=1S/C7H8BrNO3S/c8-6-2-1-5(4-10)3-7(6)13(9,11)12/h1-3,10H,4H2,(H2,9,11,12). The lowest BCUT2D eigenvalue weighted by atomic mass is 10.2. The van der Waals surface area contributed by atoms with E-state index in [1.165, 1.54) is 12.1 Å². The second-order valence-corrected chi connectivity index (χ2v) is 4.85. The Kier molecular flexibility index (Phi) is 3.07. The van der Waals surface area contributed by atoms with Crippen molar-refractivity contribution in [2.45, 2.75) is 11.5 Å². The van der Waals surface area contributed by atoms with Gasteiger partial charge in [-0.1, -0.05) is 6.07 Å². The number of aliphatic hydroxyl groups excluding tert-OH is 1. The van der Waals surface area contributed by atoms with Crippen molar-refractivity contribution in [1.82, 2.24) is 0 Å². The molecular weight excluding hydrogens is 258 g/mol. The van der Waals surface area contributed by atoms with E-state index in [2.05, 4.69) is 15.9 Å². The lowest BCUT2D eigenvalue weighted by Crippen LogP contribution is -2.13. The molecule has 0 heterocycles. The molecule has 1 aromatic rings. The minimum atomic E-state index is -3.72. The van der Waals surface area contributed by atoms with Crippen LogP contribution in [-0.4, -0.2) is 13.5 Å². The van der Waals surface area contributed by atoms with Crippen LogP contribution in [-0.2, 0) is 16.6 Å². The van der Waals surface area contributed by atoms with E-state index in [9.17, 15) is 8.42 Å². The second kappa shape index (κ2) is 3.75. The van der Waals surface area contributed by atoms with Crippen LogP contribution in [0.25, 0.3) is 0 Å². The minimum Gasteiger partial charge on any atom is -0.392 e. The van der Waals surface area contributed by atoms with Gasteiger partial charge in [-0.25, -0.2) is 13.6 Å². The molecule has 0 saturated carbocycles. The van der Waals surface area contributed by atoms with Crippen LogP contribution in [0.15, 0.2) is 27.6 Å². The van der Waals surface area contributed by atoms with Gasteiger partial charge in [-0.3, -0.25) is 0 Å². The van der Waals surface area contributed by atoms with Gasteiger partial charge in [-0.15, -0.1) is 0 Å². The fourth-order valence-corrected chi connectivity index (χ4v) is 2.44. The third kappa shape index (κ3) is 2.50. The monoisotopic (exact) mass is 265 g/mol. The van der Waals surface area contributed by atoms with E-state index < -0.39 is 10.0 Å². The molecular formula is C7H8BrNO3S. The van der Waals surface area contributed by atoms with Gasteiger partial charge in [0.15, 0.2) is 0 Å². The first-order chi connectivity index (χ1) is 5.95. The third-order valence-electron chi connectivity index (χ3n) is 1.48. The summed E-state index contributed by atoms with van der Waals surface area (Å²) in [7, 11) is -3.72. The number of aliphatic hydroxyl groups is 1. The molecule has 72 valence electrons. The van der Waals surface area contributed by atoms with Crippen LogP contribution in [0.1, 0.15) is 5.56 Å². The van der Waals surface area contributed by atoms with E-state index in [4.69, 9.17) is 10.2 Å². The minimum absolute atomic E-state index is 0.0148. The maximum Gasteiger partial charge on any atom is 0.239 e. The van der Waals surface area contributed by atoms with Gasteiger partial charge in [0.2, 0.25) is 10.0 Å². The molecule has 0 bridgehead atoms. The molecule has 0 unspecified atom stereocenters. The first-order valence-corrected chi connectivity index (χ1v) is 5.71. The predicted molar refractivity (Wildman–Crippen MR) is 51.4 cm³/mol. The van der Waals surface area contributed by atoms with Crippen molar-refractivity contribution >= 4 is 26.0 Å². The molecule has 0 fully saturated rings. The van der Waals surface area contributed by atoms with E-state index in [1.807, 2.05) is 0 Å². The van der Waals surface area contributed by atoms with Crippen molar-refractivity contribution in [3.63, 3.8) is 0 Å². The molecule has 3 N–H and O–H groups in total. The maximum atomic E-state index is 11.0. The fourth-order valence-electron chi connectivity index (χ4n) is 0.864. The van der Waals surface area contributed by atoms with E-state index in [1.54, 1.807) is 6.07 Å². The smallest absolute Gasteiger partial charge is 0.239 e. The van der Waals surface area contributed by atoms with Crippen LogP contribution in [0.3, 0.4) is 0 Å². The predicted octanol–water partition coefficient (Wildman–Crippen LogP) is 0.589. The molecule has 4 nitrogen and oxygen atoms in total. The largest absolute Gasteiger partial charge is 0.392 e. The Bertz CT molecular complexity index is 416. The van der Waals surface area contributed by atoms with Gasteiger partial charge < -0.3 is 5.11 Å². The Labute approximate surface area is 84.6 Å². The first-order valence-electron chi connectivity index (χ1n) is 3.37. The molecule has 1 aromatic carbocycles. The maximum absolute atomic E-state index is 11.0. The topological polar surface area (TPSA) is 80.4 Å². The lowest BCUT2D eigenvalue weighted by Gasteiger charge is -2.03. The first kappa shape index (κ1) is 10.6. The summed E-state index contributed by atoms with van der Waals surface area (Å²) < 4.78 is 22.4. The highest BCUT2D eigenvalue weighted by molar-refractivity contribution is 9.10. The number of hydrogen-bond donors (Lipinski definition) is 2. The molecule has 6 heteroatoms. The summed E-state index contributed by atoms with van der Waals surface area (Å²) in [5.41, 5.74) is 0.507. The number of halogens is 1. The number of rotatable bonds is 2. The van der Waals surface area contributed by atoms with Crippen LogP contribution in [0, 0.1) is 0 Å². The molecule has 13 heavy (non-hydrogen) atoms. The number of primary sulfonamides is 1. The molecule has 0 aromatic heterocycles. The van der Waals surface area contributed by atoms with E-state index >= 15 is 0 Å². The van der Waals surface area contributed by atoms with E-state index in [0.717, 1.165) is 0 Å². The SMILES string of the molecule is NS(=O)(=O)c1cc(CO)ccc1Br. The summed E-state index contributed by atoms with van der Waals surface area (Å²) >= 11 is 3.05. The van der Waals surface area contributed by atoms with Gasteiger partial charge in [0.1, 0.15) is 0 Å². The van der Waals surface area contributed by atoms with Crippen LogP contribution >= 0.6 is 15.9 Å². The number of benzene rings is 1. The van der Waals surface area contributed by atoms with Crippen molar-refractivity contribution < 1.29 is 13.5 Å². The zero-order valence-corrected chi connectivity index (χ0v) is 8.97. The summed E-state index contributed by atoms with van der Waals surface area (Å²) in [5.74, 6) is 0. The van der Waals surface area contributed by atoms with Crippen molar-refractivity contribution in [2.24, 2.45) is 5.14 Å². The summed E-state index contributed by atoms with van der Waals surface area (Å²) in [6.45, 7) is -0.213. The van der Waals surface area contributed by atoms with Crippen LogP contribution in [0.4, 0.5) is 0 Å². The van der Waals surface area contributed by atoms with Crippen LogP contribution in [0.5, 0.6) is 0 Å². The average Bonchev–Trinajstić information content (AvgIpc) is 2.03. The Morgan fingerprint density at radius 2 is 2.08 bits per heavy atom. The average molecular weight is 266 g/mol. The highest BCUT2D eigenvalue weighted by Gasteiger charge is 2.12. The summed E-state index contributed by atoms with van der Waals surface area (Å²) in [6.07, 6.45) is 0. The van der Waals surface area contributed by atoms with Gasteiger partial charge in [-0.05, 0) is 33.6 Å². The Morgan fingerprint density at radius 3 is 2.54 bits per heavy atom. The summed E-state index contributed by atoms with van der Waals surface area (Å²) in [4.78, 5) is -0.0148. The molecule has 0 aliphatic rings. The van der Waals surface area contributed by atoms with Crippen LogP contribution in [0.2, 0.25) is 0 Å². The van der Waals surface area contributed by atoms with Crippen molar-refractivity contribution in [1.29, 1.82) is 0 Å². The van der Waals surface area contributed by atoms with Gasteiger partial charge in [0.05, 0.1) is 11.5 Å². The molecule has 0 aliphatic carbocycles. The molecule has 0 aliphatic heterocycles. The van der Waals surface area contributed by atoms with Crippen molar-refractivity contribution in [3.05, 3.63) is 28.2 Å². The highest BCUT2D eigenvalue weighted by atomic mass is 79.9. The fraction of sp³-hybridized carbons (Fsp3) is 0.143. The number of nitrogens with two attached hydrogens (primary N) is 1. The highest BCUT2D eigenvalue weighted by Crippen LogP contribution is 2.21. The Hall–Kier alpha value is -0.430. The lowest BCUT2D eigenvalue weighted by molar-refractivity contribution is 0.281.